The van der Waals surface area contributed by atoms with Crippen LogP contribution in [0.5, 0.6) is 17.2 Å². The number of fused-ring (bicyclic) bond motifs is 2. The molecular weight excluding hydrogens is 548 g/mol. The number of carbonyl (C=O) groups excluding carboxylic acids is 2. The summed E-state index contributed by atoms with van der Waals surface area (Å²) in [4.78, 5) is 33.6. The van der Waals surface area contributed by atoms with Crippen molar-refractivity contribution in [2.45, 2.75) is 32.4 Å². The number of aliphatic hydroxyl groups excluding tert-OH is 1. The molecule has 0 unspecified atom stereocenters. The number of anilines is 1. The fraction of sp³-hybridized carbons (Fsp3) is 0.147. The number of para-hydroxylation sites is 1. The standard InChI is InChI=1S/C34H26N2O5S/c1-19-11-13-26-28(15-19)42-34(35-26)36-30(21-7-6-10-25(18-21)41-24-8-4-3-5-9-24)29(32(38)33(36)39)31(37)22-12-14-27-23(17-22)16-20(2)40-27/h3-15,17-18,20,30,37H,16H2,1-2H3/b31-29+/t20-,30-/m1/s1. The normalized spacial score (nSPS) is 19.2. The Hall–Kier alpha value is -4.95. The number of thiazole rings is 1. The molecule has 8 heteroatoms. The van der Waals surface area contributed by atoms with E-state index >= 15 is 0 Å². The number of aromatic nitrogens is 1. The summed E-state index contributed by atoms with van der Waals surface area (Å²) < 4.78 is 12.8. The van der Waals surface area contributed by atoms with Crippen LogP contribution in [0.2, 0.25) is 0 Å². The second kappa shape index (κ2) is 10.2. The summed E-state index contributed by atoms with van der Waals surface area (Å²) in [5.41, 5.74) is 3.80. The third-order valence-corrected chi connectivity index (χ3v) is 8.52. The average Bonchev–Trinajstić information content (AvgIpc) is 3.65. The molecule has 1 N–H and O–H groups in total. The quantitative estimate of drug-likeness (QED) is 0.134. The minimum atomic E-state index is -0.922. The molecule has 208 valence electrons. The molecule has 0 radical (unpaired) electrons. The predicted octanol–water partition coefficient (Wildman–Crippen LogP) is 7.35. The van der Waals surface area contributed by atoms with Crippen molar-refractivity contribution in [1.82, 2.24) is 4.98 Å². The number of amides is 1. The summed E-state index contributed by atoms with van der Waals surface area (Å²) in [6.07, 6.45) is 0.719. The maximum Gasteiger partial charge on any atom is 0.301 e. The Labute approximate surface area is 246 Å². The molecule has 7 nitrogen and oxygen atoms in total. The molecule has 0 spiro atoms. The Balaban J connectivity index is 1.38. The van der Waals surface area contributed by atoms with E-state index in [1.165, 1.54) is 16.2 Å². The van der Waals surface area contributed by atoms with E-state index in [1.807, 2.05) is 86.6 Å². The summed E-state index contributed by atoms with van der Waals surface area (Å²) in [7, 11) is 0. The molecule has 2 atom stereocenters. The third kappa shape index (κ3) is 4.50. The van der Waals surface area contributed by atoms with Gasteiger partial charge >= 0.3 is 5.91 Å². The number of hydrogen-bond acceptors (Lipinski definition) is 7. The Kier molecular flexibility index (Phi) is 6.28. The van der Waals surface area contributed by atoms with E-state index < -0.39 is 17.7 Å². The Bertz CT molecular complexity index is 1910. The first-order chi connectivity index (χ1) is 20.4. The van der Waals surface area contributed by atoms with Gasteiger partial charge in [-0.25, -0.2) is 4.98 Å². The van der Waals surface area contributed by atoms with Crippen LogP contribution in [0.15, 0.2) is 96.6 Å². The molecular formula is C34H26N2O5S. The molecule has 1 amide bonds. The molecule has 0 aliphatic carbocycles. The molecule has 7 rings (SSSR count). The lowest BCUT2D eigenvalue weighted by atomic mass is 9.94. The van der Waals surface area contributed by atoms with Gasteiger partial charge in [0.25, 0.3) is 5.78 Å². The fourth-order valence-corrected chi connectivity index (χ4v) is 6.66. The van der Waals surface area contributed by atoms with Crippen LogP contribution in [-0.2, 0) is 16.0 Å². The Morgan fingerprint density at radius 1 is 0.976 bits per heavy atom. The molecule has 0 bridgehead atoms. The number of benzene rings is 4. The first-order valence-electron chi connectivity index (χ1n) is 13.7. The average molecular weight is 575 g/mol. The lowest BCUT2D eigenvalue weighted by molar-refractivity contribution is -0.132. The number of hydrogen-bond donors (Lipinski definition) is 1. The van der Waals surface area contributed by atoms with Crippen LogP contribution in [0.4, 0.5) is 5.13 Å². The number of aryl methyl sites for hydroxylation is 1. The zero-order valence-electron chi connectivity index (χ0n) is 22.9. The van der Waals surface area contributed by atoms with Gasteiger partial charge in [-0.3, -0.25) is 14.5 Å². The fourth-order valence-electron chi connectivity index (χ4n) is 5.57. The van der Waals surface area contributed by atoms with Crippen LogP contribution in [-0.4, -0.2) is 27.9 Å². The van der Waals surface area contributed by atoms with Gasteiger partial charge in [0.2, 0.25) is 0 Å². The maximum absolute atomic E-state index is 13.7. The van der Waals surface area contributed by atoms with Crippen molar-refractivity contribution in [3.63, 3.8) is 0 Å². The van der Waals surface area contributed by atoms with Gasteiger partial charge in [0.05, 0.1) is 21.8 Å². The van der Waals surface area contributed by atoms with Crippen molar-refractivity contribution in [1.29, 1.82) is 0 Å². The van der Waals surface area contributed by atoms with Gasteiger partial charge in [0.1, 0.15) is 29.1 Å². The third-order valence-electron chi connectivity index (χ3n) is 7.51. The van der Waals surface area contributed by atoms with Crippen molar-refractivity contribution < 1.29 is 24.2 Å². The van der Waals surface area contributed by atoms with E-state index in [0.29, 0.717) is 34.2 Å². The van der Waals surface area contributed by atoms with Gasteiger partial charge in [0, 0.05) is 12.0 Å². The lowest BCUT2D eigenvalue weighted by Crippen LogP contribution is -2.29. The zero-order valence-corrected chi connectivity index (χ0v) is 23.7. The topological polar surface area (TPSA) is 89.0 Å². The van der Waals surface area contributed by atoms with E-state index in [1.54, 1.807) is 18.2 Å². The number of carbonyl (C=O) groups is 2. The highest BCUT2D eigenvalue weighted by Crippen LogP contribution is 2.45. The van der Waals surface area contributed by atoms with Crippen LogP contribution in [0.1, 0.15) is 35.2 Å². The van der Waals surface area contributed by atoms with Crippen molar-refractivity contribution in [2.24, 2.45) is 0 Å². The molecule has 5 aromatic rings. The second-order valence-electron chi connectivity index (χ2n) is 10.6. The summed E-state index contributed by atoms with van der Waals surface area (Å²) >= 11 is 1.34. The van der Waals surface area contributed by atoms with Gasteiger partial charge in [0.15, 0.2) is 5.13 Å². The van der Waals surface area contributed by atoms with E-state index in [0.717, 1.165) is 27.1 Å². The van der Waals surface area contributed by atoms with Gasteiger partial charge in [-0.15, -0.1) is 0 Å². The smallest absolute Gasteiger partial charge is 0.301 e. The van der Waals surface area contributed by atoms with Crippen LogP contribution >= 0.6 is 11.3 Å². The maximum atomic E-state index is 13.7. The molecule has 2 aliphatic rings. The van der Waals surface area contributed by atoms with E-state index in [4.69, 9.17) is 14.5 Å². The molecule has 1 aromatic heterocycles. The first-order valence-corrected chi connectivity index (χ1v) is 14.5. The van der Waals surface area contributed by atoms with E-state index in [9.17, 15) is 14.7 Å². The largest absolute Gasteiger partial charge is 0.507 e. The van der Waals surface area contributed by atoms with Crippen LogP contribution in [0.3, 0.4) is 0 Å². The summed E-state index contributed by atoms with van der Waals surface area (Å²) in [6, 6.07) is 26.9. The van der Waals surface area contributed by atoms with Gasteiger partial charge in [-0.1, -0.05) is 47.7 Å². The first kappa shape index (κ1) is 26.0. The van der Waals surface area contributed by atoms with Crippen LogP contribution < -0.4 is 14.4 Å². The second-order valence-corrected chi connectivity index (χ2v) is 11.6. The Morgan fingerprint density at radius 3 is 2.62 bits per heavy atom. The van der Waals surface area contributed by atoms with Gasteiger partial charge in [-0.2, -0.15) is 0 Å². The van der Waals surface area contributed by atoms with Crippen LogP contribution in [0.25, 0.3) is 16.0 Å². The van der Waals surface area contributed by atoms with Crippen molar-refractivity contribution in [3.05, 3.63) is 119 Å². The minimum absolute atomic E-state index is 0.000730. The molecule has 4 aromatic carbocycles. The highest BCUT2D eigenvalue weighted by Gasteiger charge is 2.48. The van der Waals surface area contributed by atoms with Crippen molar-refractivity contribution in [3.8, 4) is 17.2 Å². The highest BCUT2D eigenvalue weighted by molar-refractivity contribution is 7.22. The lowest BCUT2D eigenvalue weighted by Gasteiger charge is -2.23. The number of aliphatic hydroxyl groups is 1. The molecule has 0 saturated carbocycles. The van der Waals surface area contributed by atoms with Crippen molar-refractivity contribution in [2.75, 3.05) is 4.90 Å². The SMILES string of the molecule is Cc1ccc2nc(N3C(=O)C(=O)/C(=C(/O)c4ccc5c(c4)C[C@@H](C)O5)[C@H]3c3cccc(Oc4ccccc4)c3)sc2c1. The number of Topliss-reactive ketones (excluding diaryl/α,β-unsaturated/α-hetero) is 1. The van der Waals surface area contributed by atoms with Gasteiger partial charge < -0.3 is 14.6 Å². The molecule has 3 heterocycles. The Morgan fingerprint density at radius 2 is 1.79 bits per heavy atom. The van der Waals surface area contributed by atoms with E-state index in [-0.39, 0.29) is 17.4 Å². The molecule has 1 fully saturated rings. The number of ether oxygens (including phenoxy) is 2. The van der Waals surface area contributed by atoms with Crippen molar-refractivity contribution >= 4 is 44.1 Å². The minimum Gasteiger partial charge on any atom is -0.507 e. The number of rotatable bonds is 5. The molecule has 2 aliphatic heterocycles. The summed E-state index contributed by atoms with van der Waals surface area (Å²) in [5.74, 6) is 0.186. The van der Waals surface area contributed by atoms with Gasteiger partial charge in [-0.05, 0) is 85.1 Å². The number of nitrogens with zero attached hydrogens (tertiary/aromatic N) is 2. The van der Waals surface area contributed by atoms with E-state index in [2.05, 4.69) is 0 Å². The highest BCUT2D eigenvalue weighted by atomic mass is 32.1. The molecule has 1 saturated heterocycles. The summed E-state index contributed by atoms with van der Waals surface area (Å²) in [5, 5.41) is 12.1. The van der Waals surface area contributed by atoms with Crippen LogP contribution in [0, 0.1) is 6.92 Å². The predicted molar refractivity (Wildman–Crippen MR) is 162 cm³/mol. The number of ketones is 1. The molecule has 42 heavy (non-hydrogen) atoms. The monoisotopic (exact) mass is 574 g/mol. The summed E-state index contributed by atoms with van der Waals surface area (Å²) in [6.45, 7) is 3.97. The zero-order chi connectivity index (χ0) is 29.0.